The first kappa shape index (κ1) is 14.1. The fraction of sp³-hybridized carbons (Fsp3) is 0.455. The highest BCUT2D eigenvalue weighted by atomic mass is 32.2. The molecule has 106 valence electrons. The van der Waals surface area contributed by atoms with Crippen LogP contribution in [0.2, 0.25) is 0 Å². The van der Waals surface area contributed by atoms with Gasteiger partial charge in [-0.25, -0.2) is 0 Å². The molecular formula is C11H11F3O4S. The number of halogens is 3. The molecule has 0 amide bonds. The second-order valence-electron chi connectivity index (χ2n) is 4.24. The maximum absolute atomic E-state index is 12.3. The molecule has 1 heterocycles. The lowest BCUT2D eigenvalue weighted by Crippen LogP contribution is -2.32. The zero-order chi connectivity index (χ0) is 14.3. The van der Waals surface area contributed by atoms with Crippen LogP contribution in [0.4, 0.5) is 13.2 Å². The standard InChI is InChI=1S/C11H11F3O4S/c1-7-6-17-9-5-3-2-4-8(9)10(7)18-19(15,16)11(12,13)14/h2-5,7,10H,6H2,1H3. The van der Waals surface area contributed by atoms with E-state index in [1.807, 2.05) is 0 Å². The van der Waals surface area contributed by atoms with Crippen molar-refractivity contribution in [2.75, 3.05) is 6.61 Å². The van der Waals surface area contributed by atoms with E-state index in [0.717, 1.165) is 0 Å². The monoisotopic (exact) mass is 296 g/mol. The van der Waals surface area contributed by atoms with Gasteiger partial charge in [-0.3, -0.25) is 4.18 Å². The summed E-state index contributed by atoms with van der Waals surface area (Å²) in [6.07, 6.45) is -1.20. The van der Waals surface area contributed by atoms with Gasteiger partial charge in [-0.1, -0.05) is 25.1 Å². The Balaban J connectivity index is 2.35. The maximum Gasteiger partial charge on any atom is 0.523 e. The molecule has 0 aliphatic carbocycles. The first-order valence-electron chi connectivity index (χ1n) is 5.43. The largest absolute Gasteiger partial charge is 0.523 e. The van der Waals surface area contributed by atoms with E-state index in [9.17, 15) is 21.6 Å². The second-order valence-corrected chi connectivity index (χ2v) is 5.81. The number of hydrogen-bond donors (Lipinski definition) is 0. The fourth-order valence-electron chi connectivity index (χ4n) is 1.80. The number of ether oxygens (including phenoxy) is 1. The SMILES string of the molecule is CC1COc2ccccc2C1OS(=O)(=O)C(F)(F)F. The van der Waals surface area contributed by atoms with Crippen LogP contribution in [0, 0.1) is 5.92 Å². The molecule has 4 nitrogen and oxygen atoms in total. The molecule has 0 spiro atoms. The molecule has 0 bridgehead atoms. The quantitative estimate of drug-likeness (QED) is 0.622. The summed E-state index contributed by atoms with van der Waals surface area (Å²) in [5, 5.41) is 0. The van der Waals surface area contributed by atoms with E-state index >= 15 is 0 Å². The number of alkyl halides is 3. The van der Waals surface area contributed by atoms with Crippen molar-refractivity contribution in [3.63, 3.8) is 0 Å². The average molecular weight is 296 g/mol. The highest BCUT2D eigenvalue weighted by Crippen LogP contribution is 2.40. The number of benzene rings is 1. The Morgan fingerprint density at radius 1 is 1.32 bits per heavy atom. The summed E-state index contributed by atoms with van der Waals surface area (Å²) in [4.78, 5) is 0. The van der Waals surface area contributed by atoms with Crippen LogP contribution in [-0.4, -0.2) is 20.5 Å². The molecule has 0 saturated carbocycles. The van der Waals surface area contributed by atoms with Gasteiger partial charge >= 0.3 is 15.6 Å². The lowest BCUT2D eigenvalue weighted by molar-refractivity contribution is -0.0612. The van der Waals surface area contributed by atoms with Crippen molar-refractivity contribution in [2.45, 2.75) is 18.5 Å². The summed E-state index contributed by atoms with van der Waals surface area (Å²) in [6, 6.07) is 6.26. The Hall–Kier alpha value is -1.28. The van der Waals surface area contributed by atoms with Crippen molar-refractivity contribution >= 4 is 10.1 Å². The summed E-state index contributed by atoms with van der Waals surface area (Å²) in [6.45, 7) is 1.65. The van der Waals surface area contributed by atoms with E-state index < -0.39 is 27.6 Å². The Morgan fingerprint density at radius 2 is 1.95 bits per heavy atom. The zero-order valence-electron chi connectivity index (χ0n) is 9.85. The van der Waals surface area contributed by atoms with Crippen molar-refractivity contribution in [3.8, 4) is 5.75 Å². The molecule has 0 aromatic heterocycles. The number of rotatable bonds is 2. The van der Waals surface area contributed by atoms with Gasteiger partial charge in [-0.05, 0) is 6.07 Å². The lowest BCUT2D eigenvalue weighted by Gasteiger charge is -2.30. The van der Waals surface area contributed by atoms with E-state index in [2.05, 4.69) is 4.18 Å². The zero-order valence-corrected chi connectivity index (χ0v) is 10.7. The number of para-hydroxylation sites is 1. The maximum atomic E-state index is 12.3. The molecule has 1 aromatic carbocycles. The molecule has 1 aliphatic rings. The Morgan fingerprint density at radius 3 is 2.58 bits per heavy atom. The van der Waals surface area contributed by atoms with Crippen LogP contribution >= 0.6 is 0 Å². The average Bonchev–Trinajstić information content (AvgIpc) is 2.31. The summed E-state index contributed by atoms with van der Waals surface area (Å²) in [5.74, 6) is -0.171. The molecule has 0 saturated heterocycles. The molecule has 0 fully saturated rings. The molecule has 0 N–H and O–H groups in total. The van der Waals surface area contributed by atoms with E-state index in [-0.39, 0.29) is 6.61 Å². The summed E-state index contributed by atoms with van der Waals surface area (Å²) in [5.41, 5.74) is -5.13. The summed E-state index contributed by atoms with van der Waals surface area (Å²) < 4.78 is 68.9. The van der Waals surface area contributed by atoms with Crippen LogP contribution < -0.4 is 4.74 Å². The van der Waals surface area contributed by atoms with Crippen LogP contribution in [0.15, 0.2) is 24.3 Å². The molecule has 0 radical (unpaired) electrons. The Labute approximate surface area is 108 Å². The van der Waals surface area contributed by atoms with Crippen molar-refractivity contribution in [3.05, 3.63) is 29.8 Å². The minimum Gasteiger partial charge on any atom is -0.493 e. The van der Waals surface area contributed by atoms with Crippen LogP contribution in [0.3, 0.4) is 0 Å². The topological polar surface area (TPSA) is 52.6 Å². The summed E-state index contributed by atoms with van der Waals surface area (Å²) in [7, 11) is -5.63. The van der Waals surface area contributed by atoms with E-state index in [1.165, 1.54) is 6.07 Å². The van der Waals surface area contributed by atoms with Gasteiger partial charge in [-0.2, -0.15) is 21.6 Å². The van der Waals surface area contributed by atoms with Crippen molar-refractivity contribution in [1.82, 2.24) is 0 Å². The highest BCUT2D eigenvalue weighted by Gasteiger charge is 2.50. The molecular weight excluding hydrogens is 285 g/mol. The van der Waals surface area contributed by atoms with Crippen LogP contribution in [0.25, 0.3) is 0 Å². The normalized spacial score (nSPS) is 23.6. The summed E-state index contributed by atoms with van der Waals surface area (Å²) >= 11 is 0. The predicted octanol–water partition coefficient (Wildman–Crippen LogP) is 2.62. The van der Waals surface area contributed by atoms with E-state index in [1.54, 1.807) is 25.1 Å². The first-order chi connectivity index (χ1) is 8.72. The van der Waals surface area contributed by atoms with Crippen LogP contribution in [-0.2, 0) is 14.3 Å². The van der Waals surface area contributed by atoms with Gasteiger partial charge in [0.1, 0.15) is 11.9 Å². The van der Waals surface area contributed by atoms with E-state index in [0.29, 0.717) is 11.3 Å². The molecule has 2 unspecified atom stereocenters. The van der Waals surface area contributed by atoms with Gasteiger partial charge in [0.2, 0.25) is 0 Å². The predicted molar refractivity (Wildman–Crippen MR) is 59.9 cm³/mol. The van der Waals surface area contributed by atoms with Gasteiger partial charge in [-0.15, -0.1) is 0 Å². The second kappa shape index (κ2) is 4.68. The lowest BCUT2D eigenvalue weighted by atomic mass is 9.95. The van der Waals surface area contributed by atoms with E-state index in [4.69, 9.17) is 4.74 Å². The first-order valence-corrected chi connectivity index (χ1v) is 6.84. The Bertz CT molecular complexity index is 568. The van der Waals surface area contributed by atoms with Gasteiger partial charge in [0.25, 0.3) is 0 Å². The van der Waals surface area contributed by atoms with Gasteiger partial charge < -0.3 is 4.74 Å². The fourth-order valence-corrected chi connectivity index (χ4v) is 2.48. The smallest absolute Gasteiger partial charge is 0.493 e. The third-order valence-electron chi connectivity index (χ3n) is 2.76. The van der Waals surface area contributed by atoms with Crippen molar-refractivity contribution in [2.24, 2.45) is 5.92 Å². The number of fused-ring (bicyclic) bond motifs is 1. The van der Waals surface area contributed by atoms with Crippen LogP contribution in [0.5, 0.6) is 5.75 Å². The molecule has 2 rings (SSSR count). The third-order valence-corrected chi connectivity index (χ3v) is 3.79. The van der Waals surface area contributed by atoms with Crippen molar-refractivity contribution in [1.29, 1.82) is 0 Å². The molecule has 19 heavy (non-hydrogen) atoms. The molecule has 2 atom stereocenters. The highest BCUT2D eigenvalue weighted by molar-refractivity contribution is 7.87. The van der Waals surface area contributed by atoms with Crippen LogP contribution in [0.1, 0.15) is 18.6 Å². The minimum atomic E-state index is -5.63. The van der Waals surface area contributed by atoms with Crippen molar-refractivity contribution < 1.29 is 30.5 Å². The van der Waals surface area contributed by atoms with Gasteiger partial charge in [0.05, 0.1) is 6.61 Å². The molecule has 1 aromatic rings. The van der Waals surface area contributed by atoms with Gasteiger partial charge in [0.15, 0.2) is 0 Å². The molecule has 1 aliphatic heterocycles. The minimum absolute atomic E-state index is 0.0923. The third kappa shape index (κ3) is 2.69. The number of hydrogen-bond acceptors (Lipinski definition) is 4. The van der Waals surface area contributed by atoms with Gasteiger partial charge in [0, 0.05) is 11.5 Å². The molecule has 8 heteroatoms. The Kier molecular flexibility index (Phi) is 3.48.